The quantitative estimate of drug-likeness (QED) is 0.333. The van der Waals surface area contributed by atoms with Crippen molar-refractivity contribution in [3.05, 3.63) is 75.6 Å². The summed E-state index contributed by atoms with van der Waals surface area (Å²) in [4.78, 5) is 0. The minimum atomic E-state index is -2.13. The van der Waals surface area contributed by atoms with Crippen molar-refractivity contribution in [1.29, 1.82) is 0 Å². The lowest BCUT2D eigenvalue weighted by molar-refractivity contribution is 0.373. The van der Waals surface area contributed by atoms with E-state index in [1.54, 1.807) is 0 Å². The highest BCUT2D eigenvalue weighted by atomic mass is 19.2. The molecule has 2 aromatic rings. The molecular formula is C16H9F9. The molecule has 0 amide bonds. The summed E-state index contributed by atoms with van der Waals surface area (Å²) >= 11 is 0. The number of halogens is 9. The number of benzene rings is 2. The molecule has 136 valence electrons. The molecule has 0 saturated heterocycles. The molecule has 0 unspecified atom stereocenters. The van der Waals surface area contributed by atoms with E-state index in [2.05, 4.69) is 6.58 Å². The van der Waals surface area contributed by atoms with Crippen LogP contribution in [0.4, 0.5) is 39.5 Å². The fourth-order valence-electron chi connectivity index (χ4n) is 1.65. The van der Waals surface area contributed by atoms with Gasteiger partial charge in [0.25, 0.3) is 0 Å². The average molecular weight is 372 g/mol. The Balaban J connectivity index is 0.000000251. The minimum Gasteiger partial charge on any atom is -0.203 e. The van der Waals surface area contributed by atoms with Gasteiger partial charge in [0.05, 0.1) is 5.56 Å². The Kier molecular flexibility index (Phi) is 6.28. The lowest BCUT2D eigenvalue weighted by Gasteiger charge is -2.05. The summed E-state index contributed by atoms with van der Waals surface area (Å²) in [6, 6.07) is 0. The molecule has 0 fully saturated rings. The topological polar surface area (TPSA) is 0 Å². The standard InChI is InChI=1S/C9H6F4.C7H3F5/c1-3-5-8(12)6(10)4(2)7(11)9(5)13;1-2-3(8)5(10)7(12)6(11)4(2)9/h3H,1H2,2H3;1H3. The largest absolute Gasteiger partial charge is 0.203 e. The smallest absolute Gasteiger partial charge is 0.200 e. The summed E-state index contributed by atoms with van der Waals surface area (Å²) in [7, 11) is 0. The Bertz CT molecular complexity index is 706. The lowest BCUT2D eigenvalue weighted by Crippen LogP contribution is -2.03. The van der Waals surface area contributed by atoms with Crippen molar-refractivity contribution >= 4 is 6.08 Å². The molecular weight excluding hydrogens is 363 g/mol. The Morgan fingerprint density at radius 3 is 1.00 bits per heavy atom. The zero-order chi connectivity index (χ0) is 19.6. The molecule has 0 heterocycles. The van der Waals surface area contributed by atoms with Crippen molar-refractivity contribution in [3.63, 3.8) is 0 Å². The van der Waals surface area contributed by atoms with E-state index >= 15 is 0 Å². The van der Waals surface area contributed by atoms with E-state index in [1.165, 1.54) is 0 Å². The van der Waals surface area contributed by atoms with Crippen LogP contribution in [-0.4, -0.2) is 0 Å². The van der Waals surface area contributed by atoms with E-state index in [4.69, 9.17) is 0 Å². The van der Waals surface area contributed by atoms with Gasteiger partial charge < -0.3 is 0 Å². The molecule has 2 rings (SSSR count). The van der Waals surface area contributed by atoms with Gasteiger partial charge in [0, 0.05) is 11.1 Å². The zero-order valence-electron chi connectivity index (χ0n) is 12.7. The molecule has 0 spiro atoms. The van der Waals surface area contributed by atoms with Crippen LogP contribution in [0.25, 0.3) is 6.08 Å². The van der Waals surface area contributed by atoms with E-state index < -0.39 is 69.0 Å². The van der Waals surface area contributed by atoms with Crippen LogP contribution in [0.15, 0.2) is 6.58 Å². The third-order valence-corrected chi connectivity index (χ3v) is 3.15. The molecule has 0 atom stereocenters. The van der Waals surface area contributed by atoms with Gasteiger partial charge in [-0.3, -0.25) is 0 Å². The summed E-state index contributed by atoms with van der Waals surface area (Å²) in [6.45, 7) is 4.83. The highest BCUT2D eigenvalue weighted by Gasteiger charge is 2.23. The Hall–Kier alpha value is -2.45. The van der Waals surface area contributed by atoms with Gasteiger partial charge in [0.15, 0.2) is 46.5 Å². The third-order valence-electron chi connectivity index (χ3n) is 3.15. The third kappa shape index (κ3) is 3.64. The first-order valence-corrected chi connectivity index (χ1v) is 6.40. The molecule has 9 heteroatoms. The monoisotopic (exact) mass is 372 g/mol. The SMILES string of the molecule is C=Cc1c(F)c(F)c(C)c(F)c1F.Cc1c(F)c(F)c(F)c(F)c1F. The molecule has 0 nitrogen and oxygen atoms in total. The van der Waals surface area contributed by atoms with E-state index in [0.29, 0.717) is 0 Å². The first kappa shape index (κ1) is 20.6. The molecule has 0 bridgehead atoms. The van der Waals surface area contributed by atoms with Crippen LogP contribution in [0.2, 0.25) is 0 Å². The van der Waals surface area contributed by atoms with Crippen molar-refractivity contribution in [3.8, 4) is 0 Å². The Morgan fingerprint density at radius 1 is 0.480 bits per heavy atom. The van der Waals surface area contributed by atoms with Gasteiger partial charge in [-0.25, -0.2) is 39.5 Å². The molecule has 25 heavy (non-hydrogen) atoms. The van der Waals surface area contributed by atoms with Crippen molar-refractivity contribution in [2.75, 3.05) is 0 Å². The summed E-state index contributed by atoms with van der Waals surface area (Å²) in [6.07, 6.45) is 0.732. The molecule has 0 radical (unpaired) electrons. The van der Waals surface area contributed by atoms with Gasteiger partial charge in [0.2, 0.25) is 5.82 Å². The van der Waals surface area contributed by atoms with Crippen LogP contribution in [0.1, 0.15) is 16.7 Å². The van der Waals surface area contributed by atoms with Crippen molar-refractivity contribution in [1.82, 2.24) is 0 Å². The van der Waals surface area contributed by atoms with Crippen LogP contribution >= 0.6 is 0 Å². The van der Waals surface area contributed by atoms with Crippen molar-refractivity contribution in [2.45, 2.75) is 13.8 Å². The summed E-state index contributed by atoms with van der Waals surface area (Å²) in [5, 5.41) is 0. The normalized spacial score (nSPS) is 10.4. The molecule has 0 aliphatic carbocycles. The number of hydrogen-bond acceptors (Lipinski definition) is 0. The molecule has 0 saturated carbocycles. The van der Waals surface area contributed by atoms with Crippen LogP contribution < -0.4 is 0 Å². The highest BCUT2D eigenvalue weighted by molar-refractivity contribution is 5.50. The van der Waals surface area contributed by atoms with E-state index in [1.807, 2.05) is 0 Å². The van der Waals surface area contributed by atoms with Gasteiger partial charge in [-0.2, -0.15) is 0 Å². The second-order valence-electron chi connectivity index (χ2n) is 4.69. The van der Waals surface area contributed by atoms with Crippen LogP contribution in [0.5, 0.6) is 0 Å². The Morgan fingerprint density at radius 2 is 0.720 bits per heavy atom. The minimum absolute atomic E-state index is 0.666. The number of rotatable bonds is 1. The van der Waals surface area contributed by atoms with Gasteiger partial charge in [-0.15, -0.1) is 0 Å². The first-order chi connectivity index (χ1) is 11.5. The van der Waals surface area contributed by atoms with Crippen LogP contribution in [-0.2, 0) is 0 Å². The van der Waals surface area contributed by atoms with E-state index in [0.717, 1.165) is 19.9 Å². The van der Waals surface area contributed by atoms with Gasteiger partial charge in [-0.1, -0.05) is 12.7 Å². The second-order valence-corrected chi connectivity index (χ2v) is 4.69. The van der Waals surface area contributed by atoms with Crippen LogP contribution in [0, 0.1) is 66.2 Å². The molecule has 0 aromatic heterocycles. The van der Waals surface area contributed by atoms with E-state index in [-0.39, 0.29) is 0 Å². The fraction of sp³-hybridized carbons (Fsp3) is 0.125. The zero-order valence-corrected chi connectivity index (χ0v) is 12.7. The van der Waals surface area contributed by atoms with E-state index in [9.17, 15) is 39.5 Å². The number of hydrogen-bond donors (Lipinski definition) is 0. The van der Waals surface area contributed by atoms with Crippen molar-refractivity contribution < 1.29 is 39.5 Å². The summed E-state index contributed by atoms with van der Waals surface area (Å²) < 4.78 is 113. The predicted octanol–water partition coefficient (Wildman–Crippen LogP) is 5.88. The summed E-state index contributed by atoms with van der Waals surface area (Å²) in [5.41, 5.74) is -2.31. The Labute approximate surface area is 136 Å². The van der Waals surface area contributed by atoms with Crippen molar-refractivity contribution in [2.24, 2.45) is 0 Å². The second kappa shape index (κ2) is 7.62. The summed E-state index contributed by atoms with van der Waals surface area (Å²) in [5.74, 6) is -15.1. The molecule has 2 aromatic carbocycles. The highest BCUT2D eigenvalue weighted by Crippen LogP contribution is 2.24. The molecule has 0 N–H and O–H groups in total. The molecule has 0 aliphatic heterocycles. The fourth-order valence-corrected chi connectivity index (χ4v) is 1.65. The van der Waals surface area contributed by atoms with Crippen LogP contribution in [0.3, 0.4) is 0 Å². The average Bonchev–Trinajstić information content (AvgIpc) is 2.61. The van der Waals surface area contributed by atoms with Gasteiger partial charge in [0.1, 0.15) is 0 Å². The predicted molar refractivity (Wildman–Crippen MR) is 72.1 cm³/mol. The molecule has 0 aliphatic rings. The maximum Gasteiger partial charge on any atom is 0.200 e. The first-order valence-electron chi connectivity index (χ1n) is 6.40. The van der Waals surface area contributed by atoms with Gasteiger partial charge in [-0.05, 0) is 13.8 Å². The maximum absolute atomic E-state index is 12.9. The maximum atomic E-state index is 12.9. The lowest BCUT2D eigenvalue weighted by atomic mass is 10.1. The van der Waals surface area contributed by atoms with Gasteiger partial charge >= 0.3 is 0 Å².